The van der Waals surface area contributed by atoms with Gasteiger partial charge in [0.25, 0.3) is 0 Å². The van der Waals surface area contributed by atoms with Gasteiger partial charge in [-0.05, 0) is 76.6 Å². The number of nitrogens with zero attached hydrogens (tertiary/aromatic N) is 3. The second-order valence-electron chi connectivity index (χ2n) is 7.48. The lowest BCUT2D eigenvalue weighted by atomic mass is 9.95. The van der Waals surface area contributed by atoms with Crippen LogP contribution in [0.25, 0.3) is 0 Å². The third-order valence-corrected chi connectivity index (χ3v) is 4.74. The highest BCUT2D eigenvalue weighted by molar-refractivity contribution is 9.11. The van der Waals surface area contributed by atoms with Crippen molar-refractivity contribution in [3.63, 3.8) is 0 Å². The topological polar surface area (TPSA) is 48.3 Å². The Balaban J connectivity index is 3.11. The lowest BCUT2D eigenvalue weighted by Gasteiger charge is -2.33. The summed E-state index contributed by atoms with van der Waals surface area (Å²) in [6.45, 7) is 14.7. The van der Waals surface area contributed by atoms with Gasteiger partial charge < -0.3 is 19.6 Å². The zero-order valence-corrected chi connectivity index (χ0v) is 18.2. The van der Waals surface area contributed by atoms with Gasteiger partial charge in [-0.3, -0.25) is 0 Å². The van der Waals surface area contributed by atoms with Gasteiger partial charge in [0.05, 0.1) is 15.8 Å². The molecule has 1 rings (SSSR count). The predicted molar refractivity (Wildman–Crippen MR) is 109 cm³/mol. The molecule has 1 saturated heterocycles. The smallest absolute Gasteiger partial charge is 0.154 e. The van der Waals surface area contributed by atoms with Gasteiger partial charge >= 0.3 is 0 Å². The quantitative estimate of drug-likeness (QED) is 0.298. The van der Waals surface area contributed by atoms with E-state index in [1.165, 1.54) is 0 Å². The van der Waals surface area contributed by atoms with Crippen molar-refractivity contribution in [1.82, 2.24) is 9.80 Å². The van der Waals surface area contributed by atoms with E-state index in [9.17, 15) is 5.11 Å². The van der Waals surface area contributed by atoms with E-state index >= 15 is 0 Å². The number of aliphatic hydroxyl groups is 1. The van der Waals surface area contributed by atoms with Crippen LogP contribution in [0.1, 0.15) is 40.5 Å². The number of amidine groups is 1. The molecule has 25 heavy (non-hydrogen) atoms. The Hall–Kier alpha value is -0.850. The normalized spacial score (nSPS) is 18.8. The van der Waals surface area contributed by atoms with E-state index in [0.29, 0.717) is 16.2 Å². The minimum absolute atomic E-state index is 0.187. The highest BCUT2D eigenvalue weighted by Crippen LogP contribution is 2.25. The van der Waals surface area contributed by atoms with Crippen LogP contribution in [0.2, 0.25) is 0 Å². The molecule has 0 radical (unpaired) electrons. The first kappa shape index (κ1) is 22.2. The van der Waals surface area contributed by atoms with Gasteiger partial charge in [-0.2, -0.15) is 0 Å². The molecule has 0 saturated carbocycles. The fourth-order valence-corrected chi connectivity index (χ4v) is 3.17. The molecule has 0 unspecified atom stereocenters. The van der Waals surface area contributed by atoms with Gasteiger partial charge in [0, 0.05) is 19.5 Å². The summed E-state index contributed by atoms with van der Waals surface area (Å²) in [4.78, 5) is 9.50. The summed E-state index contributed by atoms with van der Waals surface area (Å²) in [6, 6.07) is 0. The number of ether oxygens (including phenoxy) is 1. The van der Waals surface area contributed by atoms with Crippen molar-refractivity contribution >= 4 is 21.8 Å². The minimum Gasteiger partial charge on any atom is -0.488 e. The van der Waals surface area contributed by atoms with Crippen LogP contribution in [0, 0.1) is 5.92 Å². The maximum Gasteiger partial charge on any atom is 0.154 e. The summed E-state index contributed by atoms with van der Waals surface area (Å²) in [5.41, 5.74) is -0.130. The highest BCUT2D eigenvalue weighted by Gasteiger charge is 2.24. The molecule has 1 heterocycles. The van der Waals surface area contributed by atoms with Crippen LogP contribution in [0.5, 0.6) is 0 Å². The molecule has 0 aromatic carbocycles. The van der Waals surface area contributed by atoms with Crippen LogP contribution in [0.4, 0.5) is 0 Å². The first-order valence-electron chi connectivity index (χ1n) is 8.94. The summed E-state index contributed by atoms with van der Waals surface area (Å²) in [6.07, 6.45) is 2.23. The van der Waals surface area contributed by atoms with E-state index in [2.05, 4.69) is 53.3 Å². The van der Waals surface area contributed by atoms with Crippen molar-refractivity contribution in [3.8, 4) is 0 Å². The van der Waals surface area contributed by atoms with E-state index in [-0.39, 0.29) is 6.61 Å². The maximum atomic E-state index is 9.93. The second-order valence-corrected chi connectivity index (χ2v) is 8.44. The number of aliphatic imine (C=N–C) groups is 1. The second kappa shape index (κ2) is 9.74. The molecule has 0 bridgehead atoms. The highest BCUT2D eigenvalue weighted by atomic mass is 79.9. The Kier molecular flexibility index (Phi) is 8.64. The van der Waals surface area contributed by atoms with E-state index < -0.39 is 5.60 Å². The van der Waals surface area contributed by atoms with E-state index in [4.69, 9.17) is 9.73 Å². The van der Waals surface area contributed by atoms with Crippen molar-refractivity contribution in [2.75, 3.05) is 40.3 Å². The average molecular weight is 416 g/mol. The standard InChI is InChI=1S/C19H34BrN3O2/c1-8-23(7)18(16-9-11-22(6)12-10-16)21-15(3)17(14(2)20)25-13-19(4,5)24/h16,24H,2,8-13H2,1,3-7H3/b17-15-,21-18?. The number of halogens is 1. The van der Waals surface area contributed by atoms with Crippen molar-refractivity contribution in [2.24, 2.45) is 10.9 Å². The summed E-state index contributed by atoms with van der Waals surface area (Å²) in [5, 5.41) is 9.93. The molecule has 0 aliphatic carbocycles. The molecule has 0 spiro atoms. The third-order valence-electron chi connectivity index (χ3n) is 4.38. The predicted octanol–water partition coefficient (Wildman–Crippen LogP) is 3.61. The number of hydrogen-bond donors (Lipinski definition) is 1. The molecular formula is C19H34BrN3O2. The van der Waals surface area contributed by atoms with Gasteiger partial charge in [0.15, 0.2) is 5.76 Å². The van der Waals surface area contributed by atoms with Crippen LogP contribution in [-0.4, -0.2) is 66.7 Å². The van der Waals surface area contributed by atoms with Crippen molar-refractivity contribution < 1.29 is 9.84 Å². The fourth-order valence-electron chi connectivity index (χ4n) is 2.77. The van der Waals surface area contributed by atoms with E-state index in [1.807, 2.05) is 6.92 Å². The molecule has 0 aromatic heterocycles. The molecule has 144 valence electrons. The van der Waals surface area contributed by atoms with Crippen molar-refractivity contribution in [2.45, 2.75) is 46.1 Å². The Morgan fingerprint density at radius 3 is 2.40 bits per heavy atom. The summed E-state index contributed by atoms with van der Waals surface area (Å²) in [7, 11) is 4.25. The molecule has 0 aromatic rings. The lowest BCUT2D eigenvalue weighted by Crippen LogP contribution is -2.40. The van der Waals surface area contributed by atoms with E-state index in [0.717, 1.165) is 44.0 Å². The third kappa shape index (κ3) is 7.50. The molecule has 5 nitrogen and oxygen atoms in total. The summed E-state index contributed by atoms with van der Waals surface area (Å²) < 4.78 is 6.44. The lowest BCUT2D eigenvalue weighted by molar-refractivity contribution is 0.00494. The minimum atomic E-state index is -0.908. The maximum absolute atomic E-state index is 9.93. The van der Waals surface area contributed by atoms with Crippen LogP contribution >= 0.6 is 15.9 Å². The zero-order valence-electron chi connectivity index (χ0n) is 16.6. The van der Waals surface area contributed by atoms with Gasteiger partial charge in [0.1, 0.15) is 12.4 Å². The van der Waals surface area contributed by atoms with Crippen LogP contribution in [-0.2, 0) is 4.74 Å². The number of allylic oxidation sites excluding steroid dienone is 2. The molecule has 6 heteroatoms. The summed E-state index contributed by atoms with van der Waals surface area (Å²) >= 11 is 3.41. The van der Waals surface area contributed by atoms with Gasteiger partial charge in [-0.15, -0.1) is 0 Å². The molecule has 0 amide bonds. The molecule has 1 N–H and O–H groups in total. The molecular weight excluding hydrogens is 382 g/mol. The Bertz CT molecular complexity index is 515. The Morgan fingerprint density at radius 1 is 1.40 bits per heavy atom. The fraction of sp³-hybridized carbons (Fsp3) is 0.737. The number of likely N-dealkylation sites (tertiary alicyclic amines) is 1. The molecule has 1 aliphatic rings. The SMILES string of the molecule is C=C(Br)/C(OCC(C)(C)O)=C(\C)N=C(C1CCN(C)CC1)N(C)CC. The average Bonchev–Trinajstić information content (AvgIpc) is 2.51. The van der Waals surface area contributed by atoms with Gasteiger partial charge in [-0.25, -0.2) is 4.99 Å². The number of hydrogen-bond acceptors (Lipinski definition) is 4. The molecule has 0 atom stereocenters. The summed E-state index contributed by atoms with van der Waals surface area (Å²) in [5.74, 6) is 2.15. The van der Waals surface area contributed by atoms with Crippen molar-refractivity contribution in [1.29, 1.82) is 0 Å². The Labute approximate surface area is 161 Å². The largest absolute Gasteiger partial charge is 0.488 e. The van der Waals surface area contributed by atoms with Crippen LogP contribution < -0.4 is 0 Å². The van der Waals surface area contributed by atoms with Gasteiger partial charge in [-0.1, -0.05) is 6.58 Å². The number of rotatable bonds is 7. The zero-order chi connectivity index (χ0) is 19.2. The van der Waals surface area contributed by atoms with Crippen LogP contribution in [0.15, 0.2) is 27.5 Å². The number of piperidine rings is 1. The first-order chi connectivity index (χ1) is 11.5. The monoisotopic (exact) mass is 415 g/mol. The Morgan fingerprint density at radius 2 is 1.96 bits per heavy atom. The van der Waals surface area contributed by atoms with Crippen LogP contribution in [0.3, 0.4) is 0 Å². The van der Waals surface area contributed by atoms with Crippen molar-refractivity contribution in [3.05, 3.63) is 22.5 Å². The van der Waals surface area contributed by atoms with Gasteiger partial charge in [0.2, 0.25) is 0 Å². The van der Waals surface area contributed by atoms with E-state index in [1.54, 1.807) is 13.8 Å². The first-order valence-corrected chi connectivity index (χ1v) is 9.73. The molecule has 1 fully saturated rings. The molecule has 1 aliphatic heterocycles.